The average Bonchev–Trinajstić information content (AvgIpc) is 3.19. The van der Waals surface area contributed by atoms with Gasteiger partial charge in [-0.05, 0) is 43.7 Å². The average molecular weight is 661 g/mol. The second-order valence-electron chi connectivity index (χ2n) is 9.77. The van der Waals surface area contributed by atoms with Crippen molar-refractivity contribution in [1.82, 2.24) is 9.80 Å². The lowest BCUT2D eigenvalue weighted by molar-refractivity contribution is -0.384. The third-order valence-corrected chi connectivity index (χ3v) is 8.26. The molecule has 3 unspecified atom stereocenters. The molecule has 0 N–H and O–H groups in total. The predicted molar refractivity (Wildman–Crippen MR) is 153 cm³/mol. The standard InChI is InChI=1S/C26H24Cl3N3O9S/c1-25(2)20(23(35)40-12-15-8-10-16(11-9-15)32(37)38)31-21(34)19(22(31)42-25)30(24(36)41-14-26(27,28)29)18(33)13-39-17-6-4-3-5-7-17/h3-11,19-20,22H,12-14H2,1-2H3. The summed E-state index contributed by atoms with van der Waals surface area (Å²) < 4.78 is 13.1. The lowest BCUT2D eigenvalue weighted by Crippen LogP contribution is -2.72. The molecule has 3 amide bonds. The lowest BCUT2D eigenvalue weighted by atomic mass is 9.95. The number of thioether (sulfide) groups is 1. The monoisotopic (exact) mass is 659 g/mol. The van der Waals surface area contributed by atoms with Crippen LogP contribution in [0.5, 0.6) is 5.75 Å². The number of nitrogens with zero attached hydrogens (tertiary/aromatic N) is 3. The van der Waals surface area contributed by atoms with Crippen molar-refractivity contribution >= 4 is 76.1 Å². The summed E-state index contributed by atoms with van der Waals surface area (Å²) in [7, 11) is 0. The minimum atomic E-state index is -1.97. The van der Waals surface area contributed by atoms with E-state index in [2.05, 4.69) is 0 Å². The quantitative estimate of drug-likeness (QED) is 0.124. The molecule has 2 aromatic carbocycles. The largest absolute Gasteiger partial charge is 0.484 e. The first-order valence-corrected chi connectivity index (χ1v) is 14.3. The van der Waals surface area contributed by atoms with E-state index in [4.69, 9.17) is 49.0 Å². The van der Waals surface area contributed by atoms with Crippen LogP contribution in [0, 0.1) is 10.1 Å². The molecule has 0 aliphatic carbocycles. The fourth-order valence-corrected chi connectivity index (χ4v) is 6.30. The summed E-state index contributed by atoms with van der Waals surface area (Å²) in [5.41, 5.74) is 0.396. The number of carbonyl (C=O) groups excluding carboxylic acids is 4. The van der Waals surface area contributed by atoms with Crippen molar-refractivity contribution in [2.75, 3.05) is 13.2 Å². The smallest absolute Gasteiger partial charge is 0.417 e. The van der Waals surface area contributed by atoms with Gasteiger partial charge in [-0.15, -0.1) is 11.8 Å². The highest BCUT2D eigenvalue weighted by Gasteiger charge is 2.67. The lowest BCUT2D eigenvalue weighted by Gasteiger charge is -2.47. The van der Waals surface area contributed by atoms with E-state index in [1.807, 2.05) is 0 Å². The van der Waals surface area contributed by atoms with E-state index in [9.17, 15) is 29.3 Å². The molecule has 2 aromatic rings. The molecule has 2 fully saturated rings. The molecule has 2 aliphatic rings. The zero-order valence-electron chi connectivity index (χ0n) is 22.1. The third kappa shape index (κ3) is 7.02. The van der Waals surface area contributed by atoms with Crippen LogP contribution in [0.4, 0.5) is 10.5 Å². The molecule has 2 aliphatic heterocycles. The molecule has 2 saturated heterocycles. The number of para-hydroxylation sites is 1. The van der Waals surface area contributed by atoms with Crippen LogP contribution >= 0.6 is 46.6 Å². The molecule has 3 atom stereocenters. The maximum atomic E-state index is 13.5. The molecule has 0 spiro atoms. The normalized spacial score (nSPS) is 20.6. The Kier molecular flexibility index (Phi) is 9.46. The number of esters is 1. The summed E-state index contributed by atoms with van der Waals surface area (Å²) in [5.74, 6) is -1.93. The Hall–Kier alpha value is -3.26. The Bertz CT molecular complexity index is 1370. The van der Waals surface area contributed by atoms with Crippen LogP contribution in [0.25, 0.3) is 0 Å². The van der Waals surface area contributed by atoms with E-state index in [0.29, 0.717) is 16.2 Å². The zero-order valence-corrected chi connectivity index (χ0v) is 25.2. The van der Waals surface area contributed by atoms with Crippen LogP contribution in [-0.2, 0) is 30.5 Å². The molecule has 2 heterocycles. The Labute approximate surface area is 259 Å². The van der Waals surface area contributed by atoms with Gasteiger partial charge in [0.2, 0.25) is 3.79 Å². The van der Waals surface area contributed by atoms with Gasteiger partial charge in [0.25, 0.3) is 17.5 Å². The molecular formula is C26H24Cl3N3O9S. The van der Waals surface area contributed by atoms with Gasteiger partial charge in [0.15, 0.2) is 12.6 Å². The maximum absolute atomic E-state index is 13.5. The third-order valence-electron chi connectivity index (χ3n) is 6.37. The number of nitro benzene ring substituents is 1. The number of imide groups is 1. The van der Waals surface area contributed by atoms with Crippen LogP contribution in [-0.4, -0.2) is 77.8 Å². The minimum absolute atomic E-state index is 0.112. The Balaban J connectivity index is 1.49. The van der Waals surface area contributed by atoms with Gasteiger partial charge in [0.05, 0.1) is 4.92 Å². The van der Waals surface area contributed by atoms with Crippen LogP contribution < -0.4 is 4.74 Å². The SMILES string of the molecule is CC1(C)SC2C(N(C(=O)COc3ccccc3)C(=O)OCC(Cl)(Cl)Cl)C(=O)N2C1C(=O)OCc1ccc([N+](=O)[O-])cc1. The second kappa shape index (κ2) is 12.5. The van der Waals surface area contributed by atoms with Crippen LogP contribution in [0.2, 0.25) is 0 Å². The van der Waals surface area contributed by atoms with Gasteiger partial charge in [-0.2, -0.15) is 0 Å². The number of fused-ring (bicyclic) bond motifs is 1. The van der Waals surface area contributed by atoms with Crippen molar-refractivity contribution in [1.29, 1.82) is 0 Å². The summed E-state index contributed by atoms with van der Waals surface area (Å²) in [4.78, 5) is 65.2. The van der Waals surface area contributed by atoms with Crippen molar-refractivity contribution in [3.63, 3.8) is 0 Å². The molecule has 0 bridgehead atoms. The van der Waals surface area contributed by atoms with Crippen molar-refractivity contribution < 1.29 is 38.3 Å². The number of benzene rings is 2. The van der Waals surface area contributed by atoms with Gasteiger partial charge in [0.1, 0.15) is 30.4 Å². The second-order valence-corrected chi connectivity index (χ2v) is 14.1. The summed E-state index contributed by atoms with van der Waals surface area (Å²) >= 11 is 18.3. The van der Waals surface area contributed by atoms with Crippen molar-refractivity contribution in [2.24, 2.45) is 0 Å². The molecular weight excluding hydrogens is 637 g/mol. The summed E-state index contributed by atoms with van der Waals surface area (Å²) in [6.07, 6.45) is -1.22. The van der Waals surface area contributed by atoms with Crippen molar-refractivity contribution in [3.05, 3.63) is 70.3 Å². The maximum Gasteiger partial charge on any atom is 0.417 e. The highest BCUT2D eigenvalue weighted by atomic mass is 35.6. The number of nitro groups is 1. The molecule has 0 aromatic heterocycles. The van der Waals surface area contributed by atoms with E-state index in [1.54, 1.807) is 44.2 Å². The van der Waals surface area contributed by atoms with E-state index in [1.165, 1.54) is 40.9 Å². The number of β-lactam (4-membered cyclic amide) rings is 1. The van der Waals surface area contributed by atoms with Crippen molar-refractivity contribution in [3.8, 4) is 5.75 Å². The molecule has 12 nitrogen and oxygen atoms in total. The molecule has 16 heteroatoms. The molecule has 4 rings (SSSR count). The van der Waals surface area contributed by atoms with Crippen LogP contribution in [0.1, 0.15) is 19.4 Å². The Morgan fingerprint density at radius 2 is 1.71 bits per heavy atom. The van der Waals surface area contributed by atoms with Gasteiger partial charge in [-0.3, -0.25) is 19.7 Å². The molecule has 0 saturated carbocycles. The summed E-state index contributed by atoms with van der Waals surface area (Å²) in [6, 6.07) is 11.5. The topological polar surface area (TPSA) is 146 Å². The van der Waals surface area contributed by atoms with Gasteiger partial charge < -0.3 is 19.1 Å². The van der Waals surface area contributed by atoms with E-state index < -0.39 is 68.0 Å². The minimum Gasteiger partial charge on any atom is -0.484 e. The van der Waals surface area contributed by atoms with Gasteiger partial charge >= 0.3 is 12.1 Å². The van der Waals surface area contributed by atoms with E-state index >= 15 is 0 Å². The van der Waals surface area contributed by atoms with E-state index in [0.717, 1.165) is 0 Å². The number of amides is 3. The predicted octanol–water partition coefficient (Wildman–Crippen LogP) is 4.48. The fraction of sp³-hybridized carbons (Fsp3) is 0.385. The van der Waals surface area contributed by atoms with Crippen LogP contribution in [0.15, 0.2) is 54.6 Å². The number of carbonyl (C=O) groups is 4. The van der Waals surface area contributed by atoms with Gasteiger partial charge in [0, 0.05) is 16.9 Å². The van der Waals surface area contributed by atoms with Gasteiger partial charge in [-0.1, -0.05) is 53.0 Å². The zero-order chi connectivity index (χ0) is 30.8. The number of non-ortho nitro benzene ring substituents is 1. The Morgan fingerprint density at radius 1 is 1.07 bits per heavy atom. The first-order valence-electron chi connectivity index (χ1n) is 12.3. The van der Waals surface area contributed by atoms with Crippen molar-refractivity contribution in [2.45, 2.75) is 46.5 Å². The Morgan fingerprint density at radius 3 is 2.31 bits per heavy atom. The van der Waals surface area contributed by atoms with E-state index in [-0.39, 0.29) is 12.3 Å². The number of hydrogen-bond donors (Lipinski definition) is 0. The number of alkyl halides is 3. The highest BCUT2D eigenvalue weighted by Crippen LogP contribution is 2.52. The first-order chi connectivity index (χ1) is 19.7. The first kappa shape index (κ1) is 31.7. The fourth-order valence-electron chi connectivity index (χ4n) is 4.47. The number of ether oxygens (including phenoxy) is 3. The number of halogens is 3. The van der Waals surface area contributed by atoms with Gasteiger partial charge in [-0.25, -0.2) is 14.5 Å². The summed E-state index contributed by atoms with van der Waals surface area (Å²) in [5, 5.41) is 10.1. The number of hydrogen-bond acceptors (Lipinski definition) is 10. The summed E-state index contributed by atoms with van der Waals surface area (Å²) in [6.45, 7) is 1.98. The molecule has 42 heavy (non-hydrogen) atoms. The van der Waals surface area contributed by atoms with Crippen LogP contribution in [0.3, 0.4) is 0 Å². The molecule has 224 valence electrons. The highest BCUT2D eigenvalue weighted by molar-refractivity contribution is 8.01. The number of rotatable bonds is 9. The molecule has 0 radical (unpaired) electrons.